The fourth-order valence-corrected chi connectivity index (χ4v) is 2.35. The predicted octanol–water partition coefficient (Wildman–Crippen LogP) is 4.14. The fourth-order valence-electron chi connectivity index (χ4n) is 1.61. The molecule has 2 unspecified atom stereocenters. The molecule has 0 amide bonds. The van der Waals surface area contributed by atoms with Crippen molar-refractivity contribution in [2.24, 2.45) is 0 Å². The highest BCUT2D eigenvalue weighted by atomic mass is 79.9. The van der Waals surface area contributed by atoms with Gasteiger partial charge in [-0.15, -0.1) is 0 Å². The maximum Gasteiger partial charge on any atom is 0.411 e. The smallest absolute Gasteiger partial charge is 0.411 e. The number of alkyl halides is 4. The molecule has 0 bridgehead atoms. The quantitative estimate of drug-likeness (QED) is 0.603. The Kier molecular flexibility index (Phi) is 9.43. The Morgan fingerprint density at radius 1 is 1.32 bits per heavy atom. The summed E-state index contributed by atoms with van der Waals surface area (Å²) in [6.07, 6.45) is -1.75. The lowest BCUT2D eigenvalue weighted by molar-refractivity contribution is -0.185. The van der Waals surface area contributed by atoms with Crippen molar-refractivity contribution < 1.29 is 27.8 Å². The van der Waals surface area contributed by atoms with Crippen molar-refractivity contribution in [3.05, 3.63) is 0 Å². The molecule has 0 aliphatic heterocycles. The van der Waals surface area contributed by atoms with Crippen molar-refractivity contribution in [3.63, 3.8) is 0 Å². The number of hydrogen-bond donors (Lipinski definition) is 1. The van der Waals surface area contributed by atoms with Crippen LogP contribution in [0.3, 0.4) is 0 Å². The minimum atomic E-state index is -4.34. The van der Waals surface area contributed by atoms with Crippen LogP contribution in [0.4, 0.5) is 13.2 Å². The molecule has 7 heteroatoms. The van der Waals surface area contributed by atoms with Crippen LogP contribution >= 0.6 is 15.9 Å². The van der Waals surface area contributed by atoms with Crippen molar-refractivity contribution in [3.8, 4) is 0 Å². The van der Waals surface area contributed by atoms with Crippen LogP contribution in [0, 0.1) is 0 Å². The van der Waals surface area contributed by atoms with Gasteiger partial charge in [0.1, 0.15) is 6.61 Å². The Morgan fingerprint density at radius 2 is 1.95 bits per heavy atom. The van der Waals surface area contributed by atoms with Crippen LogP contribution in [0.1, 0.15) is 45.4 Å². The molecule has 0 aliphatic rings. The first kappa shape index (κ1) is 18.7. The molecule has 3 nitrogen and oxygen atoms in total. The number of carboxylic acids is 1. The second-order valence-electron chi connectivity index (χ2n) is 4.41. The molecule has 19 heavy (non-hydrogen) atoms. The van der Waals surface area contributed by atoms with Gasteiger partial charge in [0.05, 0.1) is 6.10 Å². The van der Waals surface area contributed by atoms with Gasteiger partial charge in [-0.05, 0) is 19.3 Å². The highest BCUT2D eigenvalue weighted by molar-refractivity contribution is 9.09. The van der Waals surface area contributed by atoms with E-state index >= 15 is 0 Å². The second-order valence-corrected chi connectivity index (χ2v) is 5.58. The van der Waals surface area contributed by atoms with Gasteiger partial charge in [-0.3, -0.25) is 4.79 Å². The number of carboxylic acid groups (broad SMARTS) is 1. The largest absolute Gasteiger partial charge is 0.481 e. The van der Waals surface area contributed by atoms with Gasteiger partial charge in [-0.2, -0.15) is 13.2 Å². The molecule has 1 N–H and O–H groups in total. The monoisotopic (exact) mass is 348 g/mol. The summed E-state index contributed by atoms with van der Waals surface area (Å²) in [6.45, 7) is 0.691. The molecule has 0 aromatic heterocycles. The Labute approximate surface area is 119 Å². The van der Waals surface area contributed by atoms with Gasteiger partial charge in [-0.25, -0.2) is 0 Å². The standard InChI is InChI=1S/C12H20BrF3O3/c1-2-3-6-10(19-8-12(14,15)16)9(13)5-4-7-11(17)18/h9-10H,2-8H2,1H3,(H,17,18). The highest BCUT2D eigenvalue weighted by Crippen LogP contribution is 2.24. The van der Waals surface area contributed by atoms with Crippen LogP contribution in [0.25, 0.3) is 0 Å². The second kappa shape index (κ2) is 9.58. The molecule has 114 valence electrons. The normalized spacial score (nSPS) is 15.2. The van der Waals surface area contributed by atoms with Crippen LogP contribution < -0.4 is 0 Å². The third-order valence-corrected chi connectivity index (χ3v) is 3.62. The zero-order valence-corrected chi connectivity index (χ0v) is 12.5. The molecule has 0 aromatic rings. The number of rotatable bonds is 10. The van der Waals surface area contributed by atoms with E-state index < -0.39 is 24.9 Å². The number of halogens is 4. The Balaban J connectivity index is 4.18. The van der Waals surface area contributed by atoms with Crippen LogP contribution in [-0.4, -0.2) is 34.8 Å². The van der Waals surface area contributed by atoms with Crippen LogP contribution in [-0.2, 0) is 9.53 Å². The van der Waals surface area contributed by atoms with Gasteiger partial charge in [0.25, 0.3) is 0 Å². The lowest BCUT2D eigenvalue weighted by atomic mass is 10.0. The number of carbonyl (C=O) groups is 1. The summed E-state index contributed by atoms with van der Waals surface area (Å²) in [4.78, 5) is 10.1. The molecule has 0 saturated heterocycles. The summed E-state index contributed by atoms with van der Waals surface area (Å²) in [7, 11) is 0. The first-order valence-corrected chi connectivity index (χ1v) is 7.22. The van der Waals surface area contributed by atoms with Crippen molar-refractivity contribution in [1.29, 1.82) is 0 Å². The molecule has 0 saturated carbocycles. The molecule has 0 radical (unpaired) electrons. The molecular formula is C12H20BrF3O3. The van der Waals surface area contributed by atoms with E-state index in [2.05, 4.69) is 15.9 Å². The first-order valence-electron chi connectivity index (χ1n) is 6.30. The maximum atomic E-state index is 12.1. The summed E-state index contributed by atoms with van der Waals surface area (Å²) in [5, 5.41) is 8.52. The van der Waals surface area contributed by atoms with Gasteiger partial charge in [0.15, 0.2) is 0 Å². The summed E-state index contributed by atoms with van der Waals surface area (Å²) >= 11 is 3.31. The summed E-state index contributed by atoms with van der Waals surface area (Å²) in [6, 6.07) is 0. The third-order valence-electron chi connectivity index (χ3n) is 2.58. The lowest BCUT2D eigenvalue weighted by Crippen LogP contribution is -2.29. The van der Waals surface area contributed by atoms with Gasteiger partial charge in [0, 0.05) is 11.2 Å². The molecule has 0 rings (SSSR count). The highest BCUT2D eigenvalue weighted by Gasteiger charge is 2.30. The van der Waals surface area contributed by atoms with E-state index in [1.54, 1.807) is 0 Å². The minimum Gasteiger partial charge on any atom is -0.481 e. The molecule has 0 heterocycles. The Bertz CT molecular complexity index is 259. The number of aliphatic carboxylic acids is 1. The van der Waals surface area contributed by atoms with E-state index in [0.29, 0.717) is 19.3 Å². The summed E-state index contributed by atoms with van der Waals surface area (Å²) < 4.78 is 41.3. The van der Waals surface area contributed by atoms with E-state index in [0.717, 1.165) is 12.8 Å². The average molecular weight is 349 g/mol. The number of hydrogen-bond acceptors (Lipinski definition) is 2. The van der Waals surface area contributed by atoms with Gasteiger partial charge in [0.2, 0.25) is 0 Å². The molecule has 0 aliphatic carbocycles. The summed E-state index contributed by atoms with van der Waals surface area (Å²) in [5.41, 5.74) is 0. The van der Waals surface area contributed by atoms with E-state index in [9.17, 15) is 18.0 Å². The van der Waals surface area contributed by atoms with Gasteiger partial charge >= 0.3 is 12.1 Å². The van der Waals surface area contributed by atoms with Gasteiger partial charge < -0.3 is 9.84 Å². The van der Waals surface area contributed by atoms with Gasteiger partial charge in [-0.1, -0.05) is 35.7 Å². The zero-order valence-electron chi connectivity index (χ0n) is 10.9. The van der Waals surface area contributed by atoms with Crippen molar-refractivity contribution in [1.82, 2.24) is 0 Å². The Hall–Kier alpha value is -0.300. The van der Waals surface area contributed by atoms with E-state index in [-0.39, 0.29) is 11.2 Å². The summed E-state index contributed by atoms with van der Waals surface area (Å²) in [5.74, 6) is -0.902. The SMILES string of the molecule is CCCCC(OCC(F)(F)F)C(Br)CCCC(=O)O. The van der Waals surface area contributed by atoms with E-state index in [1.807, 2.05) is 6.92 Å². The first-order chi connectivity index (χ1) is 8.76. The maximum absolute atomic E-state index is 12.1. The third kappa shape index (κ3) is 11.2. The molecule has 0 fully saturated rings. The zero-order chi connectivity index (χ0) is 14.9. The molecular weight excluding hydrogens is 329 g/mol. The topological polar surface area (TPSA) is 46.5 Å². The van der Waals surface area contributed by atoms with Crippen LogP contribution in [0.15, 0.2) is 0 Å². The average Bonchev–Trinajstić information content (AvgIpc) is 2.27. The number of ether oxygens (including phenoxy) is 1. The van der Waals surface area contributed by atoms with Crippen molar-refractivity contribution in [2.75, 3.05) is 6.61 Å². The fraction of sp³-hybridized carbons (Fsp3) is 0.917. The van der Waals surface area contributed by atoms with Crippen LogP contribution in [0.2, 0.25) is 0 Å². The molecule has 0 aromatic carbocycles. The number of unbranched alkanes of at least 4 members (excludes halogenated alkanes) is 1. The molecule has 2 atom stereocenters. The van der Waals surface area contributed by atoms with E-state index in [1.165, 1.54) is 0 Å². The minimum absolute atomic E-state index is 0.0157. The van der Waals surface area contributed by atoms with Crippen molar-refractivity contribution >= 4 is 21.9 Å². The Morgan fingerprint density at radius 3 is 2.42 bits per heavy atom. The van der Waals surface area contributed by atoms with Crippen molar-refractivity contribution in [2.45, 2.75) is 62.6 Å². The van der Waals surface area contributed by atoms with E-state index in [4.69, 9.17) is 9.84 Å². The predicted molar refractivity (Wildman–Crippen MR) is 69.5 cm³/mol. The lowest BCUT2D eigenvalue weighted by Gasteiger charge is -2.23. The van der Waals surface area contributed by atoms with Crippen LogP contribution in [0.5, 0.6) is 0 Å². The molecule has 0 spiro atoms.